The van der Waals surface area contributed by atoms with Crippen LogP contribution in [0.4, 0.5) is 4.79 Å². The molecule has 0 bridgehead atoms. The number of primary amides is 1. The van der Waals surface area contributed by atoms with Crippen molar-refractivity contribution in [2.24, 2.45) is 11.7 Å². The van der Waals surface area contributed by atoms with E-state index >= 15 is 0 Å². The molecule has 1 fully saturated rings. The molecular formula is C13H24N4O4. The second kappa shape index (κ2) is 7.82. The molecule has 0 aliphatic carbocycles. The molecule has 1 rings (SSSR count). The maximum absolute atomic E-state index is 12.0. The van der Waals surface area contributed by atoms with Crippen LogP contribution in [0.3, 0.4) is 0 Å². The Kier molecular flexibility index (Phi) is 6.41. The normalized spacial score (nSPS) is 17.6. The number of urea groups is 1. The third-order valence-electron chi connectivity index (χ3n) is 3.53. The number of carboxylic acid groups (broad SMARTS) is 1. The van der Waals surface area contributed by atoms with Gasteiger partial charge in [0.2, 0.25) is 5.91 Å². The van der Waals surface area contributed by atoms with Gasteiger partial charge in [0.1, 0.15) is 6.04 Å². The summed E-state index contributed by atoms with van der Waals surface area (Å²) in [5.41, 5.74) is 4.98. The van der Waals surface area contributed by atoms with Crippen LogP contribution in [0.1, 0.15) is 19.3 Å². The maximum Gasteiger partial charge on any atom is 0.326 e. The number of hydrogen-bond acceptors (Lipinski definition) is 4. The van der Waals surface area contributed by atoms with E-state index in [0.29, 0.717) is 19.0 Å². The summed E-state index contributed by atoms with van der Waals surface area (Å²) in [6, 6.07) is -1.72. The quantitative estimate of drug-likeness (QED) is 0.600. The van der Waals surface area contributed by atoms with Crippen LogP contribution >= 0.6 is 0 Å². The van der Waals surface area contributed by atoms with Gasteiger partial charge in [-0.2, -0.15) is 0 Å². The Balaban J connectivity index is 2.45. The Morgan fingerprint density at radius 1 is 1.33 bits per heavy atom. The number of likely N-dealkylation sites (tertiary alicyclic amines) is 1. The number of nitrogens with zero attached hydrogens (tertiary/aromatic N) is 2. The van der Waals surface area contributed by atoms with E-state index in [1.807, 2.05) is 14.1 Å². The number of nitrogens with one attached hydrogen (secondary N) is 1. The number of rotatable bonds is 6. The molecule has 4 N–H and O–H groups in total. The zero-order chi connectivity index (χ0) is 16.0. The summed E-state index contributed by atoms with van der Waals surface area (Å²) >= 11 is 0. The van der Waals surface area contributed by atoms with Gasteiger partial charge in [-0.1, -0.05) is 0 Å². The van der Waals surface area contributed by atoms with E-state index in [-0.39, 0.29) is 0 Å². The molecule has 0 unspecified atom stereocenters. The smallest absolute Gasteiger partial charge is 0.326 e. The highest BCUT2D eigenvalue weighted by molar-refractivity contribution is 5.87. The Labute approximate surface area is 124 Å². The Bertz CT molecular complexity index is 392. The molecule has 21 heavy (non-hydrogen) atoms. The second-order valence-electron chi connectivity index (χ2n) is 5.70. The van der Waals surface area contributed by atoms with Gasteiger partial charge in [0, 0.05) is 19.6 Å². The van der Waals surface area contributed by atoms with Crippen molar-refractivity contribution in [3.8, 4) is 0 Å². The van der Waals surface area contributed by atoms with E-state index in [4.69, 9.17) is 10.8 Å². The minimum Gasteiger partial charge on any atom is -0.480 e. The van der Waals surface area contributed by atoms with E-state index in [2.05, 4.69) is 10.2 Å². The van der Waals surface area contributed by atoms with Crippen molar-refractivity contribution in [2.75, 3.05) is 33.7 Å². The fourth-order valence-electron chi connectivity index (χ4n) is 2.48. The highest BCUT2D eigenvalue weighted by atomic mass is 16.4. The SMILES string of the molecule is CN(C)CC1CCN(C(=O)N[C@@H](CC(N)=O)C(=O)O)CC1. The summed E-state index contributed by atoms with van der Waals surface area (Å²) in [5.74, 6) is -1.47. The standard InChI is InChI=1S/C13H24N4O4/c1-16(2)8-9-3-5-17(6-4-9)13(21)15-10(12(19)20)7-11(14)18/h9-10H,3-8H2,1-2H3,(H2,14,18)(H,15,21)(H,19,20)/t10-/m0/s1. The van der Waals surface area contributed by atoms with Crippen molar-refractivity contribution in [3.05, 3.63) is 0 Å². The maximum atomic E-state index is 12.0. The van der Waals surface area contributed by atoms with Gasteiger partial charge in [-0.25, -0.2) is 9.59 Å². The fraction of sp³-hybridized carbons (Fsp3) is 0.769. The molecule has 1 heterocycles. The van der Waals surface area contributed by atoms with Crippen molar-refractivity contribution in [3.63, 3.8) is 0 Å². The van der Waals surface area contributed by atoms with Crippen LogP contribution in [0.5, 0.6) is 0 Å². The first kappa shape index (κ1) is 17.2. The van der Waals surface area contributed by atoms with Gasteiger partial charge in [-0.3, -0.25) is 4.79 Å². The molecule has 0 aromatic heterocycles. The van der Waals surface area contributed by atoms with Gasteiger partial charge in [0.25, 0.3) is 0 Å². The van der Waals surface area contributed by atoms with E-state index in [0.717, 1.165) is 19.4 Å². The van der Waals surface area contributed by atoms with Crippen molar-refractivity contribution in [2.45, 2.75) is 25.3 Å². The molecular weight excluding hydrogens is 276 g/mol. The summed E-state index contributed by atoms with van der Waals surface area (Å²) in [5, 5.41) is 11.3. The highest BCUT2D eigenvalue weighted by Crippen LogP contribution is 2.17. The first-order valence-corrected chi connectivity index (χ1v) is 7.01. The van der Waals surface area contributed by atoms with Gasteiger partial charge in [-0.15, -0.1) is 0 Å². The molecule has 3 amide bonds. The lowest BCUT2D eigenvalue weighted by Crippen LogP contribution is -2.51. The third kappa shape index (κ3) is 5.99. The lowest BCUT2D eigenvalue weighted by atomic mass is 9.96. The summed E-state index contributed by atoms with van der Waals surface area (Å²) in [4.78, 5) is 37.5. The Morgan fingerprint density at radius 3 is 2.33 bits per heavy atom. The van der Waals surface area contributed by atoms with Crippen LogP contribution in [0.25, 0.3) is 0 Å². The first-order chi connectivity index (χ1) is 9.79. The van der Waals surface area contributed by atoms with Gasteiger partial charge in [0.05, 0.1) is 6.42 Å². The van der Waals surface area contributed by atoms with E-state index in [1.165, 1.54) is 0 Å². The fourth-order valence-corrected chi connectivity index (χ4v) is 2.48. The predicted molar refractivity (Wildman–Crippen MR) is 76.6 cm³/mol. The second-order valence-corrected chi connectivity index (χ2v) is 5.70. The lowest BCUT2D eigenvalue weighted by molar-refractivity contribution is -0.141. The van der Waals surface area contributed by atoms with Crippen molar-refractivity contribution < 1.29 is 19.5 Å². The molecule has 0 saturated carbocycles. The molecule has 1 aliphatic heterocycles. The lowest BCUT2D eigenvalue weighted by Gasteiger charge is -2.33. The molecule has 120 valence electrons. The number of hydrogen-bond donors (Lipinski definition) is 3. The average Bonchev–Trinajstić information content (AvgIpc) is 2.37. The van der Waals surface area contributed by atoms with Gasteiger partial charge in [0.15, 0.2) is 0 Å². The van der Waals surface area contributed by atoms with Crippen LogP contribution in [0.15, 0.2) is 0 Å². The Morgan fingerprint density at radius 2 is 1.90 bits per heavy atom. The van der Waals surface area contributed by atoms with Crippen LogP contribution in [0, 0.1) is 5.92 Å². The minimum absolute atomic E-state index is 0.405. The third-order valence-corrected chi connectivity index (χ3v) is 3.53. The van der Waals surface area contributed by atoms with Crippen molar-refractivity contribution >= 4 is 17.9 Å². The van der Waals surface area contributed by atoms with Crippen LogP contribution in [-0.2, 0) is 9.59 Å². The zero-order valence-electron chi connectivity index (χ0n) is 12.5. The first-order valence-electron chi connectivity index (χ1n) is 7.01. The number of aliphatic carboxylic acids is 1. The summed E-state index contributed by atoms with van der Waals surface area (Å²) in [7, 11) is 4.03. The molecule has 0 aromatic rings. The molecule has 0 spiro atoms. The number of nitrogens with two attached hydrogens (primary N) is 1. The largest absolute Gasteiger partial charge is 0.480 e. The van der Waals surface area contributed by atoms with E-state index in [9.17, 15) is 14.4 Å². The zero-order valence-corrected chi connectivity index (χ0v) is 12.5. The predicted octanol–water partition coefficient (Wildman–Crippen LogP) is -0.702. The number of amides is 3. The van der Waals surface area contributed by atoms with Crippen molar-refractivity contribution in [1.82, 2.24) is 15.1 Å². The van der Waals surface area contributed by atoms with Crippen LogP contribution in [-0.4, -0.2) is 72.6 Å². The molecule has 1 aliphatic rings. The molecule has 0 radical (unpaired) electrons. The van der Waals surface area contributed by atoms with Gasteiger partial charge < -0.3 is 26.0 Å². The van der Waals surface area contributed by atoms with Gasteiger partial charge >= 0.3 is 12.0 Å². The highest BCUT2D eigenvalue weighted by Gasteiger charge is 2.27. The number of piperidine rings is 1. The van der Waals surface area contributed by atoms with E-state index < -0.39 is 30.4 Å². The van der Waals surface area contributed by atoms with Gasteiger partial charge in [-0.05, 0) is 32.9 Å². The molecule has 8 heteroatoms. The molecule has 8 nitrogen and oxygen atoms in total. The number of carbonyl (C=O) groups excluding carboxylic acids is 2. The minimum atomic E-state index is -1.27. The molecule has 1 saturated heterocycles. The Hall–Kier alpha value is -1.83. The molecule has 1 atom stereocenters. The summed E-state index contributed by atoms with van der Waals surface area (Å²) in [6.07, 6.45) is 1.37. The topological polar surface area (TPSA) is 116 Å². The summed E-state index contributed by atoms with van der Waals surface area (Å²) in [6.45, 7) is 2.16. The average molecular weight is 300 g/mol. The number of carboxylic acids is 1. The van der Waals surface area contributed by atoms with Crippen molar-refractivity contribution in [1.29, 1.82) is 0 Å². The monoisotopic (exact) mass is 300 g/mol. The number of carbonyl (C=O) groups is 3. The van der Waals surface area contributed by atoms with Crippen LogP contribution in [0.2, 0.25) is 0 Å². The summed E-state index contributed by atoms with van der Waals surface area (Å²) < 4.78 is 0. The van der Waals surface area contributed by atoms with E-state index in [1.54, 1.807) is 4.90 Å². The molecule has 0 aromatic carbocycles. The van der Waals surface area contributed by atoms with Crippen LogP contribution < -0.4 is 11.1 Å².